The molecule has 0 saturated carbocycles. The van der Waals surface area contributed by atoms with Gasteiger partial charge < -0.3 is 19.7 Å². The summed E-state index contributed by atoms with van der Waals surface area (Å²) in [7, 11) is 0. The highest BCUT2D eigenvalue weighted by atomic mass is 16.5. The third-order valence-electron chi connectivity index (χ3n) is 2.67. The number of carbonyl (C=O) groups is 3. The number of rotatable bonds is 5. The van der Waals surface area contributed by atoms with Gasteiger partial charge in [0.15, 0.2) is 0 Å². The third-order valence-corrected chi connectivity index (χ3v) is 2.67. The predicted octanol–water partition coefficient (Wildman–Crippen LogP) is 0.700. The lowest BCUT2D eigenvalue weighted by molar-refractivity contribution is -0.255. The highest BCUT2D eigenvalue weighted by Gasteiger charge is 2.16. The second-order valence-corrected chi connectivity index (χ2v) is 4.03. The molecule has 0 aliphatic rings. The van der Waals surface area contributed by atoms with Crippen LogP contribution < -0.4 is 9.84 Å². The monoisotopic (exact) mass is 265 g/mol. The molecule has 1 aromatic carbocycles. The summed E-state index contributed by atoms with van der Waals surface area (Å²) in [6.45, 7) is 3.49. The van der Waals surface area contributed by atoms with Crippen LogP contribution in [-0.4, -0.2) is 23.0 Å². The minimum absolute atomic E-state index is 0.0190. The Kier molecular flexibility index (Phi) is 4.63. The van der Waals surface area contributed by atoms with E-state index in [-0.39, 0.29) is 11.7 Å². The molecule has 102 valence electrons. The minimum Gasteiger partial charge on any atom is -0.545 e. The number of hydrogen-bond acceptors (Lipinski definition) is 5. The lowest BCUT2D eigenvalue weighted by Crippen LogP contribution is -2.25. The van der Waals surface area contributed by atoms with Crippen molar-refractivity contribution in [3.8, 4) is 5.75 Å². The van der Waals surface area contributed by atoms with Gasteiger partial charge in [-0.15, -0.1) is 0 Å². The van der Waals surface area contributed by atoms with Crippen LogP contribution in [0.1, 0.15) is 41.0 Å². The van der Waals surface area contributed by atoms with Crippen molar-refractivity contribution in [2.24, 2.45) is 5.92 Å². The molecule has 0 aromatic heterocycles. The highest BCUT2D eigenvalue weighted by Crippen LogP contribution is 2.19. The fraction of sp³-hybridized carbons (Fsp3) is 0.308. The lowest BCUT2D eigenvalue weighted by Gasteiger charge is -2.12. The second kappa shape index (κ2) is 5.99. The minimum atomic E-state index is -1.64. The van der Waals surface area contributed by atoms with Crippen molar-refractivity contribution in [3.05, 3.63) is 29.3 Å². The van der Waals surface area contributed by atoms with Gasteiger partial charge in [0.1, 0.15) is 5.75 Å². The molecule has 1 unspecified atom stereocenters. The van der Waals surface area contributed by atoms with E-state index < -0.39 is 29.0 Å². The number of benzene rings is 1. The molecule has 0 bridgehead atoms. The number of aromatic carboxylic acids is 2. The molecule has 1 rings (SSSR count). The summed E-state index contributed by atoms with van der Waals surface area (Å²) < 4.78 is 4.97. The van der Waals surface area contributed by atoms with Crippen molar-refractivity contribution in [2.45, 2.75) is 20.3 Å². The quantitative estimate of drug-likeness (QED) is 0.620. The van der Waals surface area contributed by atoms with Crippen LogP contribution in [0.5, 0.6) is 5.75 Å². The Morgan fingerprint density at radius 2 is 1.95 bits per heavy atom. The average Bonchev–Trinajstić information content (AvgIpc) is 2.37. The molecule has 1 N–H and O–H groups in total. The van der Waals surface area contributed by atoms with Gasteiger partial charge in [0.2, 0.25) is 0 Å². The number of carboxylic acid groups (broad SMARTS) is 2. The number of esters is 1. The van der Waals surface area contributed by atoms with Crippen LogP contribution in [0.2, 0.25) is 0 Å². The first-order valence-electron chi connectivity index (χ1n) is 5.67. The summed E-state index contributed by atoms with van der Waals surface area (Å²) in [6, 6.07) is 3.27. The Morgan fingerprint density at radius 3 is 2.42 bits per heavy atom. The number of carboxylic acids is 2. The van der Waals surface area contributed by atoms with Gasteiger partial charge >= 0.3 is 11.9 Å². The second-order valence-electron chi connectivity index (χ2n) is 4.03. The number of hydrogen-bond donors (Lipinski definition) is 1. The van der Waals surface area contributed by atoms with E-state index in [1.807, 2.05) is 6.92 Å². The predicted molar refractivity (Wildman–Crippen MR) is 62.8 cm³/mol. The maximum Gasteiger partial charge on any atom is 0.336 e. The van der Waals surface area contributed by atoms with Crippen molar-refractivity contribution in [1.29, 1.82) is 0 Å². The van der Waals surface area contributed by atoms with Crippen LogP contribution in [0, 0.1) is 5.92 Å². The van der Waals surface area contributed by atoms with Gasteiger partial charge in [-0.3, -0.25) is 4.79 Å². The highest BCUT2D eigenvalue weighted by molar-refractivity contribution is 6.01. The van der Waals surface area contributed by atoms with E-state index in [9.17, 15) is 19.5 Å². The van der Waals surface area contributed by atoms with E-state index in [0.29, 0.717) is 6.42 Å². The van der Waals surface area contributed by atoms with E-state index in [4.69, 9.17) is 9.84 Å². The number of ether oxygens (including phenoxy) is 1. The summed E-state index contributed by atoms with van der Waals surface area (Å²) in [6.07, 6.45) is 0.583. The topological polar surface area (TPSA) is 104 Å². The molecule has 0 saturated heterocycles. The first-order valence-corrected chi connectivity index (χ1v) is 5.67. The molecule has 0 aliphatic heterocycles. The summed E-state index contributed by atoms with van der Waals surface area (Å²) in [5.74, 6) is -3.88. The average molecular weight is 265 g/mol. The van der Waals surface area contributed by atoms with E-state index in [0.717, 1.165) is 12.1 Å². The Hall–Kier alpha value is -2.37. The fourth-order valence-corrected chi connectivity index (χ4v) is 1.33. The maximum absolute atomic E-state index is 11.5. The van der Waals surface area contributed by atoms with Gasteiger partial charge in [-0.05, 0) is 24.6 Å². The molecule has 6 nitrogen and oxygen atoms in total. The summed E-state index contributed by atoms with van der Waals surface area (Å²) in [5, 5.41) is 19.7. The molecule has 19 heavy (non-hydrogen) atoms. The van der Waals surface area contributed by atoms with E-state index >= 15 is 0 Å². The van der Waals surface area contributed by atoms with E-state index in [1.54, 1.807) is 6.92 Å². The third kappa shape index (κ3) is 3.54. The van der Waals surface area contributed by atoms with Crippen LogP contribution in [-0.2, 0) is 4.79 Å². The Labute approximate surface area is 109 Å². The van der Waals surface area contributed by atoms with Gasteiger partial charge in [0, 0.05) is 5.56 Å². The molecule has 0 aliphatic carbocycles. The van der Waals surface area contributed by atoms with Crippen molar-refractivity contribution in [3.63, 3.8) is 0 Å². The lowest BCUT2D eigenvalue weighted by atomic mass is 10.1. The zero-order valence-electron chi connectivity index (χ0n) is 10.5. The zero-order valence-corrected chi connectivity index (χ0v) is 10.5. The van der Waals surface area contributed by atoms with E-state index in [2.05, 4.69) is 0 Å². The SMILES string of the molecule is CCC(C)C(=O)Oc1ccc(C(=O)O)c(C(=O)[O-])c1. The molecule has 0 radical (unpaired) electrons. The van der Waals surface area contributed by atoms with Gasteiger partial charge in [-0.1, -0.05) is 13.8 Å². The smallest absolute Gasteiger partial charge is 0.336 e. The molecule has 6 heteroatoms. The van der Waals surface area contributed by atoms with Gasteiger partial charge in [0.25, 0.3) is 0 Å². The molecular formula is C13H13O6-. The normalized spacial score (nSPS) is 11.7. The van der Waals surface area contributed by atoms with Crippen LogP contribution in [0.15, 0.2) is 18.2 Å². The Bertz CT molecular complexity index is 520. The van der Waals surface area contributed by atoms with Crippen molar-refractivity contribution >= 4 is 17.9 Å². The fourth-order valence-electron chi connectivity index (χ4n) is 1.33. The van der Waals surface area contributed by atoms with Crippen molar-refractivity contribution < 1.29 is 29.3 Å². The Morgan fingerprint density at radius 1 is 1.32 bits per heavy atom. The van der Waals surface area contributed by atoms with Crippen LogP contribution in [0.3, 0.4) is 0 Å². The molecule has 1 aromatic rings. The van der Waals surface area contributed by atoms with Gasteiger partial charge in [0.05, 0.1) is 17.5 Å². The standard InChI is InChI=1S/C13H14O6/c1-3-7(2)13(18)19-8-4-5-9(11(14)15)10(6-8)12(16)17/h4-7H,3H2,1-2H3,(H,14,15)(H,16,17)/p-1. The molecular weight excluding hydrogens is 252 g/mol. The summed E-state index contributed by atoms with van der Waals surface area (Å²) in [4.78, 5) is 33.2. The Balaban J connectivity index is 3.06. The van der Waals surface area contributed by atoms with E-state index in [1.165, 1.54) is 6.07 Å². The van der Waals surface area contributed by atoms with Crippen molar-refractivity contribution in [2.75, 3.05) is 0 Å². The molecule has 0 spiro atoms. The molecule has 1 atom stereocenters. The number of carbonyl (C=O) groups excluding carboxylic acids is 2. The zero-order chi connectivity index (χ0) is 14.6. The first-order chi connectivity index (χ1) is 8.86. The maximum atomic E-state index is 11.5. The van der Waals surface area contributed by atoms with Crippen LogP contribution in [0.4, 0.5) is 0 Å². The van der Waals surface area contributed by atoms with Crippen molar-refractivity contribution in [1.82, 2.24) is 0 Å². The summed E-state index contributed by atoms with van der Waals surface area (Å²) >= 11 is 0. The summed E-state index contributed by atoms with van der Waals surface area (Å²) in [5.41, 5.74) is -0.940. The van der Waals surface area contributed by atoms with Crippen LogP contribution >= 0.6 is 0 Å². The largest absolute Gasteiger partial charge is 0.545 e. The first kappa shape index (κ1) is 14.7. The molecule has 0 fully saturated rings. The van der Waals surface area contributed by atoms with Gasteiger partial charge in [-0.2, -0.15) is 0 Å². The van der Waals surface area contributed by atoms with Gasteiger partial charge in [-0.25, -0.2) is 4.79 Å². The molecule has 0 amide bonds. The van der Waals surface area contributed by atoms with Crippen LogP contribution in [0.25, 0.3) is 0 Å². The molecule has 0 heterocycles.